The zero-order chi connectivity index (χ0) is 16.4. The predicted molar refractivity (Wildman–Crippen MR) is 98.9 cm³/mol. The Labute approximate surface area is 133 Å². The Morgan fingerprint density at radius 1 is 0.952 bits per heavy atom. The fraction of sp³-hybridized carbons (Fsp3) is 0.647. The van der Waals surface area contributed by atoms with Crippen LogP contribution in [-0.4, -0.2) is 34.2 Å². The minimum absolute atomic E-state index is 0.161. The number of rotatable bonds is 6. The third-order valence-corrected chi connectivity index (χ3v) is 7.48. The van der Waals surface area contributed by atoms with Gasteiger partial charge in [0.1, 0.15) is 8.24 Å². The van der Waals surface area contributed by atoms with Crippen LogP contribution in [0.2, 0.25) is 39.3 Å². The Balaban J connectivity index is 3.10. The standard InChI is InChI=1S/C17H33NOSi2/c1-14-10-12-16(13-11-14)17(19-21(7,8)9)15(2)18(3)20(4,5)6/h10-13,15,17H,1-9H3. The second-order valence-corrected chi connectivity index (χ2v) is 17.6. The summed E-state index contributed by atoms with van der Waals surface area (Å²) in [5, 5.41) is 0. The van der Waals surface area contributed by atoms with Crippen molar-refractivity contribution < 1.29 is 4.43 Å². The summed E-state index contributed by atoms with van der Waals surface area (Å²) in [5.41, 5.74) is 2.61. The lowest BCUT2D eigenvalue weighted by atomic mass is 10.0. The molecule has 0 aliphatic rings. The Hall–Kier alpha value is -0.426. The molecule has 0 aliphatic heterocycles. The van der Waals surface area contributed by atoms with Crippen molar-refractivity contribution in [3.63, 3.8) is 0 Å². The number of aryl methyl sites for hydroxylation is 1. The highest BCUT2D eigenvalue weighted by molar-refractivity contribution is 6.73. The largest absolute Gasteiger partial charge is 0.409 e. The molecular formula is C17H33NOSi2. The van der Waals surface area contributed by atoms with Gasteiger partial charge in [0.25, 0.3) is 0 Å². The molecule has 0 aromatic heterocycles. The Kier molecular flexibility index (Phi) is 6.01. The van der Waals surface area contributed by atoms with Crippen molar-refractivity contribution in [2.45, 2.75) is 65.3 Å². The Morgan fingerprint density at radius 3 is 1.81 bits per heavy atom. The molecule has 1 aromatic rings. The molecule has 0 spiro atoms. The Morgan fingerprint density at radius 2 is 1.43 bits per heavy atom. The number of likely N-dealkylation sites (N-methyl/N-ethyl adjacent to an activating group) is 1. The molecular weight excluding hydrogens is 290 g/mol. The number of hydrogen-bond donors (Lipinski definition) is 0. The van der Waals surface area contributed by atoms with Crippen LogP contribution in [0.1, 0.15) is 24.2 Å². The molecule has 2 unspecified atom stereocenters. The van der Waals surface area contributed by atoms with Gasteiger partial charge in [0.05, 0.1) is 6.10 Å². The molecule has 0 saturated heterocycles. The van der Waals surface area contributed by atoms with Crippen molar-refractivity contribution in [1.29, 1.82) is 0 Å². The van der Waals surface area contributed by atoms with Crippen LogP contribution in [0.3, 0.4) is 0 Å². The summed E-state index contributed by atoms with van der Waals surface area (Å²) in [6.45, 7) is 18.4. The fourth-order valence-corrected chi connectivity index (χ4v) is 4.85. The lowest BCUT2D eigenvalue weighted by Gasteiger charge is -2.41. The molecule has 0 aliphatic carbocycles. The van der Waals surface area contributed by atoms with Gasteiger partial charge < -0.3 is 8.99 Å². The molecule has 21 heavy (non-hydrogen) atoms. The molecule has 2 atom stereocenters. The van der Waals surface area contributed by atoms with Crippen LogP contribution in [0.15, 0.2) is 24.3 Å². The van der Waals surface area contributed by atoms with Gasteiger partial charge >= 0.3 is 0 Å². The van der Waals surface area contributed by atoms with Crippen LogP contribution >= 0.6 is 0 Å². The van der Waals surface area contributed by atoms with Gasteiger partial charge in [-0.2, -0.15) is 0 Å². The zero-order valence-corrected chi connectivity index (χ0v) is 17.3. The lowest BCUT2D eigenvalue weighted by molar-refractivity contribution is 0.121. The summed E-state index contributed by atoms with van der Waals surface area (Å²) in [5.74, 6) is 0. The van der Waals surface area contributed by atoms with Gasteiger partial charge in [-0.25, -0.2) is 0 Å². The highest BCUT2D eigenvalue weighted by Gasteiger charge is 2.33. The van der Waals surface area contributed by atoms with Gasteiger partial charge in [-0.1, -0.05) is 49.5 Å². The molecule has 2 nitrogen and oxygen atoms in total. The minimum atomic E-state index is -1.60. The van der Waals surface area contributed by atoms with Crippen LogP contribution in [0.5, 0.6) is 0 Å². The van der Waals surface area contributed by atoms with Crippen LogP contribution < -0.4 is 0 Å². The van der Waals surface area contributed by atoms with Crippen LogP contribution in [0, 0.1) is 6.92 Å². The topological polar surface area (TPSA) is 12.5 Å². The first-order chi connectivity index (χ1) is 9.42. The molecule has 0 amide bonds. The van der Waals surface area contributed by atoms with Crippen molar-refractivity contribution >= 4 is 16.6 Å². The van der Waals surface area contributed by atoms with E-state index in [4.69, 9.17) is 4.43 Å². The predicted octanol–water partition coefficient (Wildman–Crippen LogP) is 5.04. The summed E-state index contributed by atoms with van der Waals surface area (Å²) in [7, 11) is -0.677. The van der Waals surface area contributed by atoms with E-state index < -0.39 is 16.6 Å². The molecule has 0 N–H and O–H groups in total. The van der Waals surface area contributed by atoms with E-state index in [9.17, 15) is 0 Å². The smallest absolute Gasteiger partial charge is 0.184 e. The summed E-state index contributed by atoms with van der Waals surface area (Å²) in [4.78, 5) is 0. The fourth-order valence-electron chi connectivity index (χ4n) is 2.40. The molecule has 4 heteroatoms. The summed E-state index contributed by atoms with van der Waals surface area (Å²) in [6.07, 6.45) is 0.161. The molecule has 0 fully saturated rings. The maximum Gasteiger partial charge on any atom is 0.184 e. The molecule has 0 saturated carbocycles. The van der Waals surface area contributed by atoms with Gasteiger partial charge in [-0.05, 0) is 46.1 Å². The summed E-state index contributed by atoms with van der Waals surface area (Å²) < 4.78 is 9.11. The van der Waals surface area contributed by atoms with Crippen LogP contribution in [-0.2, 0) is 4.43 Å². The number of benzene rings is 1. The monoisotopic (exact) mass is 323 g/mol. The molecule has 0 bridgehead atoms. The normalized spacial score (nSPS) is 16.1. The average Bonchev–Trinajstić information content (AvgIpc) is 2.33. The molecule has 1 aromatic carbocycles. The molecule has 0 radical (unpaired) electrons. The summed E-state index contributed by atoms with van der Waals surface area (Å²) >= 11 is 0. The van der Waals surface area contributed by atoms with Gasteiger partial charge in [0, 0.05) is 6.04 Å². The summed E-state index contributed by atoms with van der Waals surface area (Å²) in [6, 6.07) is 9.24. The highest BCUT2D eigenvalue weighted by atomic mass is 28.4. The first-order valence-electron chi connectivity index (χ1n) is 7.89. The maximum atomic E-state index is 6.56. The van der Waals surface area contributed by atoms with Crippen molar-refractivity contribution in [3.05, 3.63) is 35.4 Å². The third-order valence-electron chi connectivity index (χ3n) is 3.99. The minimum Gasteiger partial charge on any atom is -0.409 e. The Bertz CT molecular complexity index is 445. The molecule has 1 rings (SSSR count). The van der Waals surface area contributed by atoms with E-state index in [1.807, 2.05) is 0 Å². The van der Waals surface area contributed by atoms with Crippen LogP contribution in [0.4, 0.5) is 0 Å². The molecule has 120 valence electrons. The molecule has 0 heterocycles. The maximum absolute atomic E-state index is 6.56. The zero-order valence-electron chi connectivity index (χ0n) is 15.3. The SMILES string of the molecule is Cc1ccc(C(O[Si](C)(C)C)C(C)N(C)[Si](C)(C)C)cc1. The van der Waals surface area contributed by atoms with Gasteiger partial charge in [-0.15, -0.1) is 0 Å². The van der Waals surface area contributed by atoms with Gasteiger partial charge in [-0.3, -0.25) is 0 Å². The number of nitrogens with zero attached hydrogens (tertiary/aromatic N) is 1. The van der Waals surface area contributed by atoms with Crippen molar-refractivity contribution in [2.24, 2.45) is 0 Å². The highest BCUT2D eigenvalue weighted by Crippen LogP contribution is 2.30. The van der Waals surface area contributed by atoms with E-state index in [0.29, 0.717) is 6.04 Å². The van der Waals surface area contributed by atoms with E-state index in [1.165, 1.54) is 11.1 Å². The van der Waals surface area contributed by atoms with E-state index >= 15 is 0 Å². The second-order valence-electron chi connectivity index (χ2n) is 8.08. The van der Waals surface area contributed by atoms with Crippen molar-refractivity contribution in [3.8, 4) is 0 Å². The van der Waals surface area contributed by atoms with E-state index in [-0.39, 0.29) is 6.10 Å². The van der Waals surface area contributed by atoms with Crippen molar-refractivity contribution in [2.75, 3.05) is 7.05 Å². The van der Waals surface area contributed by atoms with Gasteiger partial charge in [0.15, 0.2) is 8.32 Å². The van der Waals surface area contributed by atoms with Crippen molar-refractivity contribution in [1.82, 2.24) is 4.57 Å². The average molecular weight is 324 g/mol. The van der Waals surface area contributed by atoms with E-state index in [2.05, 4.69) is 89.0 Å². The van der Waals surface area contributed by atoms with E-state index in [0.717, 1.165) is 0 Å². The third kappa shape index (κ3) is 5.70. The first kappa shape index (κ1) is 18.6. The number of hydrogen-bond acceptors (Lipinski definition) is 2. The van der Waals surface area contributed by atoms with E-state index in [1.54, 1.807) is 0 Å². The van der Waals surface area contributed by atoms with Gasteiger partial charge in [0.2, 0.25) is 0 Å². The first-order valence-corrected chi connectivity index (χ1v) is 14.7. The quantitative estimate of drug-likeness (QED) is 0.680. The second kappa shape index (κ2) is 6.77. The van der Waals surface area contributed by atoms with Crippen LogP contribution in [0.25, 0.3) is 0 Å². The lowest BCUT2D eigenvalue weighted by Crippen LogP contribution is -2.51.